The largest absolute Gasteiger partial charge is 0.334 e. The SMILES string of the molecule is Cc1ccc(-c2noc(-c3ccncc3)n2)cc1NC(=O)c1cnc2cc(-c3ccn(C)n3)ccn12. The molecule has 1 aromatic carbocycles. The van der Waals surface area contributed by atoms with Gasteiger partial charge in [0.1, 0.15) is 11.3 Å². The van der Waals surface area contributed by atoms with E-state index in [1.807, 2.05) is 62.8 Å². The van der Waals surface area contributed by atoms with Crippen molar-refractivity contribution in [1.29, 1.82) is 0 Å². The summed E-state index contributed by atoms with van der Waals surface area (Å²) in [4.78, 5) is 26.1. The van der Waals surface area contributed by atoms with Crippen molar-refractivity contribution in [2.75, 3.05) is 5.32 Å². The van der Waals surface area contributed by atoms with Crippen molar-refractivity contribution in [3.63, 3.8) is 0 Å². The van der Waals surface area contributed by atoms with Crippen LogP contribution in [-0.4, -0.2) is 40.2 Å². The lowest BCUT2D eigenvalue weighted by molar-refractivity contribution is 0.102. The van der Waals surface area contributed by atoms with Gasteiger partial charge in [-0.1, -0.05) is 17.3 Å². The molecule has 0 saturated heterocycles. The number of pyridine rings is 2. The Morgan fingerprint density at radius 3 is 2.64 bits per heavy atom. The third kappa shape index (κ3) is 3.90. The van der Waals surface area contributed by atoms with Crippen LogP contribution in [0.5, 0.6) is 0 Å². The number of carbonyl (C=O) groups is 1. The molecule has 0 radical (unpaired) electrons. The number of aromatic nitrogens is 7. The molecule has 0 atom stereocenters. The van der Waals surface area contributed by atoms with E-state index in [-0.39, 0.29) is 5.91 Å². The van der Waals surface area contributed by atoms with Crippen LogP contribution >= 0.6 is 0 Å². The third-order valence-electron chi connectivity index (χ3n) is 5.85. The standard InChI is InChI=1S/C26H20N8O2/c1-16-3-4-19(24-30-26(36-32-24)17-5-9-27-10-6-17)13-21(16)29-25(35)22-15-28-23-14-18(7-12-34(22)23)20-8-11-33(2)31-20/h3-15H,1-2H3,(H,29,35). The second-order valence-corrected chi connectivity index (χ2v) is 8.30. The molecule has 5 heterocycles. The van der Waals surface area contributed by atoms with Crippen molar-refractivity contribution >= 4 is 17.2 Å². The van der Waals surface area contributed by atoms with E-state index in [9.17, 15) is 4.79 Å². The number of carbonyl (C=O) groups excluding carboxylic acids is 1. The van der Waals surface area contributed by atoms with Crippen molar-refractivity contribution in [3.8, 4) is 34.1 Å². The molecular formula is C26H20N8O2. The minimum absolute atomic E-state index is 0.279. The van der Waals surface area contributed by atoms with Crippen LogP contribution in [0.25, 0.3) is 39.7 Å². The Morgan fingerprint density at radius 2 is 1.83 bits per heavy atom. The van der Waals surface area contributed by atoms with Gasteiger partial charge in [-0.2, -0.15) is 10.1 Å². The van der Waals surface area contributed by atoms with E-state index in [0.29, 0.717) is 28.7 Å². The molecular weight excluding hydrogens is 456 g/mol. The Labute approximate surface area is 205 Å². The van der Waals surface area contributed by atoms with Crippen LogP contribution in [-0.2, 0) is 7.05 Å². The summed E-state index contributed by atoms with van der Waals surface area (Å²) in [5.74, 6) is 0.544. The number of amides is 1. The summed E-state index contributed by atoms with van der Waals surface area (Å²) in [6.45, 7) is 1.92. The van der Waals surface area contributed by atoms with Crippen molar-refractivity contribution in [3.05, 3.63) is 90.8 Å². The smallest absolute Gasteiger partial charge is 0.274 e. The Bertz CT molecular complexity index is 1710. The zero-order chi connectivity index (χ0) is 24.6. The van der Waals surface area contributed by atoms with Crippen molar-refractivity contribution in [2.45, 2.75) is 6.92 Å². The van der Waals surface area contributed by atoms with E-state index in [1.165, 1.54) is 0 Å². The van der Waals surface area contributed by atoms with Gasteiger partial charge in [0.2, 0.25) is 5.82 Å². The van der Waals surface area contributed by atoms with Crippen molar-refractivity contribution < 1.29 is 9.32 Å². The normalized spacial score (nSPS) is 11.2. The molecule has 176 valence electrons. The van der Waals surface area contributed by atoms with E-state index < -0.39 is 0 Å². The lowest BCUT2D eigenvalue weighted by Gasteiger charge is -2.09. The minimum Gasteiger partial charge on any atom is -0.334 e. The molecule has 0 aliphatic carbocycles. The highest BCUT2D eigenvalue weighted by atomic mass is 16.5. The number of rotatable bonds is 5. The highest BCUT2D eigenvalue weighted by Crippen LogP contribution is 2.27. The number of fused-ring (bicyclic) bond motifs is 1. The number of aryl methyl sites for hydroxylation is 2. The molecule has 10 nitrogen and oxygen atoms in total. The van der Waals surface area contributed by atoms with Crippen LogP contribution in [0.15, 0.2) is 84.0 Å². The zero-order valence-corrected chi connectivity index (χ0v) is 19.5. The molecule has 1 amide bonds. The number of anilines is 1. The Hall–Kier alpha value is -5.12. The molecule has 0 bridgehead atoms. The molecule has 0 fully saturated rings. The Morgan fingerprint density at radius 1 is 0.972 bits per heavy atom. The first-order valence-corrected chi connectivity index (χ1v) is 11.2. The van der Waals surface area contributed by atoms with Gasteiger partial charge >= 0.3 is 0 Å². The van der Waals surface area contributed by atoms with Crippen molar-refractivity contribution in [1.82, 2.24) is 34.3 Å². The van der Waals surface area contributed by atoms with E-state index >= 15 is 0 Å². The van der Waals surface area contributed by atoms with Gasteiger partial charge in [0.25, 0.3) is 11.8 Å². The summed E-state index contributed by atoms with van der Waals surface area (Å²) >= 11 is 0. The van der Waals surface area contributed by atoms with Gasteiger partial charge in [-0.25, -0.2) is 4.98 Å². The predicted molar refractivity (Wildman–Crippen MR) is 133 cm³/mol. The van der Waals surface area contributed by atoms with Crippen LogP contribution in [0.4, 0.5) is 5.69 Å². The number of hydrogen-bond acceptors (Lipinski definition) is 7. The van der Waals surface area contributed by atoms with Gasteiger partial charge in [0, 0.05) is 54.2 Å². The molecule has 36 heavy (non-hydrogen) atoms. The maximum atomic E-state index is 13.2. The Kier molecular flexibility index (Phi) is 5.11. The quantitative estimate of drug-likeness (QED) is 0.392. The summed E-state index contributed by atoms with van der Waals surface area (Å²) in [6.07, 6.45) is 8.60. The lowest BCUT2D eigenvalue weighted by Crippen LogP contribution is -2.15. The first kappa shape index (κ1) is 21.4. The number of nitrogens with one attached hydrogen (secondary N) is 1. The molecule has 10 heteroatoms. The predicted octanol–water partition coefficient (Wildman–Crippen LogP) is 4.41. The highest BCUT2D eigenvalue weighted by Gasteiger charge is 2.16. The van der Waals surface area contributed by atoms with Gasteiger partial charge in [-0.05, 0) is 48.9 Å². The second kappa shape index (κ2) is 8.58. The molecule has 0 spiro atoms. The van der Waals surface area contributed by atoms with Gasteiger partial charge in [-0.3, -0.25) is 18.9 Å². The van der Waals surface area contributed by atoms with Gasteiger partial charge in [0.05, 0.1) is 11.9 Å². The highest BCUT2D eigenvalue weighted by molar-refractivity contribution is 6.04. The number of nitrogens with zero attached hydrogens (tertiary/aromatic N) is 7. The van der Waals surface area contributed by atoms with Crippen LogP contribution in [0.1, 0.15) is 16.1 Å². The van der Waals surface area contributed by atoms with Gasteiger partial charge in [0.15, 0.2) is 0 Å². The number of imidazole rings is 1. The summed E-state index contributed by atoms with van der Waals surface area (Å²) in [7, 11) is 1.87. The van der Waals surface area contributed by atoms with Crippen molar-refractivity contribution in [2.24, 2.45) is 7.05 Å². The summed E-state index contributed by atoms with van der Waals surface area (Å²) in [5, 5.41) is 11.5. The molecule has 0 aliphatic heterocycles. The van der Waals surface area contributed by atoms with Crippen LogP contribution < -0.4 is 5.32 Å². The first-order chi connectivity index (χ1) is 17.5. The molecule has 0 aliphatic rings. The summed E-state index contributed by atoms with van der Waals surface area (Å²) in [6, 6.07) is 15.0. The lowest BCUT2D eigenvalue weighted by atomic mass is 10.1. The second-order valence-electron chi connectivity index (χ2n) is 8.30. The fourth-order valence-electron chi connectivity index (χ4n) is 3.91. The number of benzene rings is 1. The fourth-order valence-corrected chi connectivity index (χ4v) is 3.91. The molecule has 6 rings (SSSR count). The van der Waals surface area contributed by atoms with E-state index in [4.69, 9.17) is 4.52 Å². The van der Waals surface area contributed by atoms with E-state index in [0.717, 1.165) is 27.9 Å². The molecule has 0 saturated carbocycles. The summed E-state index contributed by atoms with van der Waals surface area (Å²) in [5.41, 5.74) is 5.89. The maximum Gasteiger partial charge on any atom is 0.274 e. The average Bonchev–Trinajstić information content (AvgIpc) is 3.65. The molecule has 0 unspecified atom stereocenters. The van der Waals surface area contributed by atoms with E-state index in [2.05, 4.69) is 30.5 Å². The maximum absolute atomic E-state index is 13.2. The van der Waals surface area contributed by atoms with Crippen LogP contribution in [0.2, 0.25) is 0 Å². The minimum atomic E-state index is -0.279. The third-order valence-corrected chi connectivity index (χ3v) is 5.85. The van der Waals surface area contributed by atoms with Gasteiger partial charge < -0.3 is 9.84 Å². The monoisotopic (exact) mass is 476 g/mol. The average molecular weight is 477 g/mol. The van der Waals surface area contributed by atoms with Crippen LogP contribution in [0, 0.1) is 6.92 Å². The first-order valence-electron chi connectivity index (χ1n) is 11.2. The van der Waals surface area contributed by atoms with E-state index in [1.54, 1.807) is 39.8 Å². The summed E-state index contributed by atoms with van der Waals surface area (Å²) < 4.78 is 8.91. The van der Waals surface area contributed by atoms with Gasteiger partial charge in [-0.15, -0.1) is 0 Å². The topological polar surface area (TPSA) is 116 Å². The zero-order valence-electron chi connectivity index (χ0n) is 19.5. The fraction of sp³-hybridized carbons (Fsp3) is 0.0769. The number of hydrogen-bond donors (Lipinski definition) is 1. The molecule has 6 aromatic rings. The Balaban J connectivity index is 1.26. The van der Waals surface area contributed by atoms with Crippen LogP contribution in [0.3, 0.4) is 0 Å². The molecule has 1 N–H and O–H groups in total. The molecule has 5 aromatic heterocycles.